The first kappa shape index (κ1) is 22.6. The van der Waals surface area contributed by atoms with E-state index < -0.39 is 23.0 Å². The average Bonchev–Trinajstić information content (AvgIpc) is 3.14. The van der Waals surface area contributed by atoms with E-state index in [0.717, 1.165) is 27.0 Å². The number of rotatable bonds is 5. The zero-order chi connectivity index (χ0) is 22.8. The lowest BCUT2D eigenvalue weighted by atomic mass is 10.0. The monoisotopic (exact) mass is 568 g/mol. The maximum Gasteiger partial charge on any atom is 0.253 e. The number of amides is 1. The number of hydrogen-bond acceptors (Lipinski definition) is 6. The van der Waals surface area contributed by atoms with E-state index in [1.807, 2.05) is 29.2 Å². The number of aromatic nitrogens is 1. The van der Waals surface area contributed by atoms with Crippen molar-refractivity contribution in [1.29, 1.82) is 0 Å². The van der Waals surface area contributed by atoms with E-state index in [1.54, 1.807) is 0 Å². The number of halogens is 3. The van der Waals surface area contributed by atoms with Crippen molar-refractivity contribution >= 4 is 56.6 Å². The van der Waals surface area contributed by atoms with Crippen LogP contribution in [-0.2, 0) is 0 Å². The zero-order valence-corrected chi connectivity index (χ0v) is 19.8. The number of likely N-dealkylation sites (tertiary alicyclic amines) is 1. The zero-order valence-electron chi connectivity index (χ0n) is 16.8. The minimum absolute atomic E-state index is 0.00172. The standard InChI is InChI=1S/C22H19F2IN4O2S/c23-15-2-1-3-16(24)17(15)18(30)19-20(26)28-22(32-19)27-14-8-10-29(11-9-14)21(31)12-4-6-13(25)7-5-12/h1-7,14H,8-11,26H2,(H,27,28). The molecule has 1 saturated heterocycles. The van der Waals surface area contributed by atoms with Crippen molar-refractivity contribution in [3.63, 3.8) is 0 Å². The van der Waals surface area contributed by atoms with Gasteiger partial charge in [-0.2, -0.15) is 0 Å². The molecule has 0 aliphatic carbocycles. The molecule has 10 heteroatoms. The van der Waals surface area contributed by atoms with Crippen molar-refractivity contribution in [2.75, 3.05) is 24.1 Å². The van der Waals surface area contributed by atoms with E-state index in [9.17, 15) is 18.4 Å². The fraction of sp³-hybridized carbons (Fsp3) is 0.227. The molecule has 32 heavy (non-hydrogen) atoms. The minimum atomic E-state index is -0.942. The largest absolute Gasteiger partial charge is 0.382 e. The van der Waals surface area contributed by atoms with Gasteiger partial charge in [-0.3, -0.25) is 9.59 Å². The fourth-order valence-electron chi connectivity index (χ4n) is 3.56. The fourth-order valence-corrected chi connectivity index (χ4v) is 4.83. The molecule has 0 unspecified atom stereocenters. The van der Waals surface area contributed by atoms with E-state index in [0.29, 0.717) is 36.6 Å². The van der Waals surface area contributed by atoms with Crippen molar-refractivity contribution in [1.82, 2.24) is 9.88 Å². The molecule has 1 fully saturated rings. The van der Waals surface area contributed by atoms with E-state index in [4.69, 9.17) is 5.73 Å². The molecular weight excluding hydrogens is 549 g/mol. The lowest BCUT2D eigenvalue weighted by Crippen LogP contribution is -2.42. The maximum absolute atomic E-state index is 14.0. The number of carbonyl (C=O) groups is 2. The number of nitrogens with one attached hydrogen (secondary N) is 1. The molecule has 0 spiro atoms. The van der Waals surface area contributed by atoms with Crippen molar-refractivity contribution in [3.05, 3.63) is 73.7 Å². The Morgan fingerprint density at radius 3 is 2.34 bits per heavy atom. The van der Waals surface area contributed by atoms with Crippen molar-refractivity contribution < 1.29 is 18.4 Å². The van der Waals surface area contributed by atoms with E-state index in [1.165, 1.54) is 6.07 Å². The van der Waals surface area contributed by atoms with Crippen LogP contribution in [0.25, 0.3) is 0 Å². The second-order valence-corrected chi connectivity index (χ2v) is 9.62. The predicted octanol–water partition coefficient (Wildman–Crippen LogP) is 4.56. The minimum Gasteiger partial charge on any atom is -0.382 e. The number of nitrogens with zero attached hydrogens (tertiary/aromatic N) is 2. The Morgan fingerprint density at radius 2 is 1.72 bits per heavy atom. The number of hydrogen-bond donors (Lipinski definition) is 2. The number of ketones is 1. The summed E-state index contributed by atoms with van der Waals surface area (Å²) in [7, 11) is 0. The summed E-state index contributed by atoms with van der Waals surface area (Å²) in [5.41, 5.74) is 5.88. The Bertz CT molecular complexity index is 1140. The molecule has 0 radical (unpaired) electrons. The molecule has 166 valence electrons. The molecule has 2 heterocycles. The Labute approximate surface area is 201 Å². The first-order valence-corrected chi connectivity index (χ1v) is 11.8. The summed E-state index contributed by atoms with van der Waals surface area (Å²) in [5, 5.41) is 3.64. The third-order valence-corrected chi connectivity index (χ3v) is 6.97. The lowest BCUT2D eigenvalue weighted by Gasteiger charge is -2.32. The highest BCUT2D eigenvalue weighted by Crippen LogP contribution is 2.30. The van der Waals surface area contributed by atoms with Gasteiger partial charge in [-0.25, -0.2) is 13.8 Å². The van der Waals surface area contributed by atoms with Crippen LogP contribution in [0.4, 0.5) is 19.7 Å². The Balaban J connectivity index is 1.39. The molecule has 0 bridgehead atoms. The van der Waals surface area contributed by atoms with Gasteiger partial charge in [0.05, 0.1) is 5.56 Å². The highest BCUT2D eigenvalue weighted by atomic mass is 127. The molecule has 3 aromatic rings. The number of benzene rings is 2. The van der Waals surface area contributed by atoms with Gasteiger partial charge in [-0.1, -0.05) is 17.4 Å². The van der Waals surface area contributed by atoms with Gasteiger partial charge in [-0.05, 0) is 71.8 Å². The number of nitrogen functional groups attached to an aromatic ring is 1. The molecule has 1 aliphatic rings. The molecule has 0 atom stereocenters. The van der Waals surface area contributed by atoms with Crippen molar-refractivity contribution in [2.45, 2.75) is 18.9 Å². The molecule has 3 N–H and O–H groups in total. The Morgan fingerprint density at radius 1 is 1.09 bits per heavy atom. The smallest absolute Gasteiger partial charge is 0.253 e. The molecule has 1 aliphatic heterocycles. The summed E-state index contributed by atoms with van der Waals surface area (Å²) in [6.45, 7) is 1.16. The quantitative estimate of drug-likeness (QED) is 0.348. The van der Waals surface area contributed by atoms with E-state index >= 15 is 0 Å². The number of carbonyl (C=O) groups excluding carboxylic acids is 2. The maximum atomic E-state index is 14.0. The van der Waals surface area contributed by atoms with Crippen LogP contribution in [0.3, 0.4) is 0 Å². The van der Waals surface area contributed by atoms with Gasteiger partial charge in [0, 0.05) is 28.3 Å². The first-order valence-electron chi connectivity index (χ1n) is 9.90. The predicted molar refractivity (Wildman–Crippen MR) is 128 cm³/mol. The molecule has 0 saturated carbocycles. The molecule has 2 aromatic carbocycles. The van der Waals surface area contributed by atoms with Gasteiger partial charge in [0.2, 0.25) is 5.78 Å². The van der Waals surface area contributed by atoms with Crippen LogP contribution < -0.4 is 11.1 Å². The highest BCUT2D eigenvalue weighted by Gasteiger charge is 2.27. The van der Waals surface area contributed by atoms with Crippen LogP contribution >= 0.6 is 33.9 Å². The molecule has 1 aromatic heterocycles. The second kappa shape index (κ2) is 9.49. The summed E-state index contributed by atoms with van der Waals surface area (Å²) >= 11 is 3.16. The normalized spacial score (nSPS) is 14.4. The Hall–Kier alpha value is -2.60. The van der Waals surface area contributed by atoms with Gasteiger partial charge in [0.15, 0.2) is 5.13 Å². The number of piperidine rings is 1. The van der Waals surface area contributed by atoms with Gasteiger partial charge >= 0.3 is 0 Å². The van der Waals surface area contributed by atoms with Crippen LogP contribution in [0.1, 0.15) is 38.4 Å². The number of nitrogens with two attached hydrogens (primary N) is 1. The highest BCUT2D eigenvalue weighted by molar-refractivity contribution is 14.1. The Kier molecular flexibility index (Phi) is 6.70. The third kappa shape index (κ3) is 4.75. The van der Waals surface area contributed by atoms with Crippen LogP contribution in [-0.4, -0.2) is 40.7 Å². The van der Waals surface area contributed by atoms with Crippen LogP contribution in [0.2, 0.25) is 0 Å². The van der Waals surface area contributed by atoms with Gasteiger partial charge < -0.3 is 16.0 Å². The van der Waals surface area contributed by atoms with Crippen LogP contribution in [0.15, 0.2) is 42.5 Å². The molecule has 4 rings (SSSR count). The summed E-state index contributed by atoms with van der Waals surface area (Å²) in [4.78, 5) is 31.3. The topological polar surface area (TPSA) is 88.3 Å². The first-order chi connectivity index (χ1) is 15.3. The van der Waals surface area contributed by atoms with Crippen LogP contribution in [0.5, 0.6) is 0 Å². The SMILES string of the molecule is Nc1nc(NC2CCN(C(=O)c3ccc(I)cc3)CC2)sc1C(=O)c1c(F)cccc1F. The summed E-state index contributed by atoms with van der Waals surface area (Å²) in [6.07, 6.45) is 1.39. The summed E-state index contributed by atoms with van der Waals surface area (Å²) < 4.78 is 29.0. The van der Waals surface area contributed by atoms with E-state index in [-0.39, 0.29) is 22.6 Å². The third-order valence-electron chi connectivity index (χ3n) is 5.25. The van der Waals surface area contributed by atoms with Crippen LogP contribution in [0, 0.1) is 15.2 Å². The number of anilines is 2. The van der Waals surface area contributed by atoms with Crippen molar-refractivity contribution in [2.24, 2.45) is 0 Å². The van der Waals surface area contributed by atoms with Gasteiger partial charge in [0.25, 0.3) is 5.91 Å². The van der Waals surface area contributed by atoms with Gasteiger partial charge in [-0.15, -0.1) is 0 Å². The summed E-state index contributed by atoms with van der Waals surface area (Å²) in [5.74, 6) is -2.79. The van der Waals surface area contributed by atoms with E-state index in [2.05, 4.69) is 32.9 Å². The molecule has 1 amide bonds. The second-order valence-electron chi connectivity index (χ2n) is 7.38. The van der Waals surface area contributed by atoms with Crippen molar-refractivity contribution in [3.8, 4) is 0 Å². The van der Waals surface area contributed by atoms with Gasteiger partial charge in [0.1, 0.15) is 22.3 Å². The summed E-state index contributed by atoms with van der Waals surface area (Å²) in [6, 6.07) is 10.7. The number of thiazole rings is 1. The molecular formula is C22H19F2IN4O2S. The lowest BCUT2D eigenvalue weighted by molar-refractivity contribution is 0.0718. The average molecular weight is 568 g/mol. The molecule has 6 nitrogen and oxygen atoms in total.